The van der Waals surface area contributed by atoms with Gasteiger partial charge in [-0.25, -0.2) is 0 Å². The Kier molecular flexibility index (Phi) is 4.47. The minimum Gasteiger partial charge on any atom is -0.397 e. The molecule has 1 fully saturated rings. The van der Waals surface area contributed by atoms with Crippen LogP contribution in [0.25, 0.3) is 0 Å². The molecular formula is C14H23N3OS. The smallest absolute Gasteiger partial charge is 0.266 e. The summed E-state index contributed by atoms with van der Waals surface area (Å²) in [7, 11) is 0. The molecule has 1 aromatic heterocycles. The van der Waals surface area contributed by atoms with Gasteiger partial charge in [-0.1, -0.05) is 6.92 Å². The molecule has 0 saturated carbocycles. The van der Waals surface area contributed by atoms with Crippen molar-refractivity contribution in [3.63, 3.8) is 0 Å². The normalized spacial score (nSPS) is 21.1. The standard InChI is InChI=1S/C14H23N3OS/c1-4-11-9-16(6-7-17(11)10(2)3)14(18)13-12(15)5-8-19-13/h5,8,10-11H,4,6-7,9,15H2,1-3H3/t11-/m0/s1. The van der Waals surface area contributed by atoms with Gasteiger partial charge in [0.05, 0.1) is 5.69 Å². The Balaban J connectivity index is 2.08. The molecule has 1 atom stereocenters. The van der Waals surface area contributed by atoms with Crippen LogP contribution in [0, 0.1) is 0 Å². The first-order valence-corrected chi connectivity index (χ1v) is 7.80. The van der Waals surface area contributed by atoms with Crippen LogP contribution in [0.3, 0.4) is 0 Å². The second-order valence-corrected chi connectivity index (χ2v) is 6.27. The number of carbonyl (C=O) groups excluding carboxylic acids is 1. The Morgan fingerprint density at radius 3 is 2.79 bits per heavy atom. The molecule has 2 heterocycles. The zero-order valence-corrected chi connectivity index (χ0v) is 12.7. The number of carbonyl (C=O) groups is 1. The first kappa shape index (κ1) is 14.3. The van der Waals surface area contributed by atoms with E-state index in [1.165, 1.54) is 11.3 Å². The highest BCUT2D eigenvalue weighted by molar-refractivity contribution is 7.12. The van der Waals surface area contributed by atoms with E-state index >= 15 is 0 Å². The van der Waals surface area contributed by atoms with Gasteiger partial charge < -0.3 is 10.6 Å². The van der Waals surface area contributed by atoms with Crippen LogP contribution in [-0.4, -0.2) is 47.4 Å². The second kappa shape index (κ2) is 5.92. The van der Waals surface area contributed by atoms with Crippen LogP contribution >= 0.6 is 11.3 Å². The van der Waals surface area contributed by atoms with Crippen LogP contribution in [0.15, 0.2) is 11.4 Å². The van der Waals surface area contributed by atoms with Crippen molar-refractivity contribution in [2.45, 2.75) is 39.3 Å². The third-order valence-corrected chi connectivity index (χ3v) is 4.76. The summed E-state index contributed by atoms with van der Waals surface area (Å²) in [6.07, 6.45) is 1.07. The average Bonchev–Trinajstić information content (AvgIpc) is 2.83. The summed E-state index contributed by atoms with van der Waals surface area (Å²) in [6.45, 7) is 9.19. The van der Waals surface area contributed by atoms with Crippen molar-refractivity contribution in [1.82, 2.24) is 9.80 Å². The van der Waals surface area contributed by atoms with Crippen LogP contribution in [0.2, 0.25) is 0 Å². The van der Waals surface area contributed by atoms with Gasteiger partial charge in [-0.05, 0) is 31.7 Å². The van der Waals surface area contributed by atoms with E-state index in [4.69, 9.17) is 5.73 Å². The highest BCUT2D eigenvalue weighted by Gasteiger charge is 2.31. The Hall–Kier alpha value is -1.07. The van der Waals surface area contributed by atoms with E-state index < -0.39 is 0 Å². The van der Waals surface area contributed by atoms with Gasteiger partial charge in [0, 0.05) is 31.7 Å². The monoisotopic (exact) mass is 281 g/mol. The predicted molar refractivity (Wildman–Crippen MR) is 80.6 cm³/mol. The molecule has 19 heavy (non-hydrogen) atoms. The van der Waals surface area contributed by atoms with E-state index in [1.807, 2.05) is 10.3 Å². The van der Waals surface area contributed by atoms with E-state index in [-0.39, 0.29) is 5.91 Å². The van der Waals surface area contributed by atoms with Crippen molar-refractivity contribution in [3.8, 4) is 0 Å². The summed E-state index contributed by atoms with van der Waals surface area (Å²) in [6, 6.07) is 2.80. The molecule has 1 saturated heterocycles. The largest absolute Gasteiger partial charge is 0.397 e. The van der Waals surface area contributed by atoms with Crippen molar-refractivity contribution < 1.29 is 4.79 Å². The van der Waals surface area contributed by atoms with Gasteiger partial charge in [0.15, 0.2) is 0 Å². The fourth-order valence-corrected chi connectivity index (χ4v) is 3.52. The molecule has 1 aliphatic rings. The Labute approximate surface area is 119 Å². The summed E-state index contributed by atoms with van der Waals surface area (Å²) in [4.78, 5) is 17.6. The molecule has 0 aromatic carbocycles. The Bertz CT molecular complexity index is 444. The van der Waals surface area contributed by atoms with Gasteiger partial charge in [0.1, 0.15) is 4.88 Å². The van der Waals surface area contributed by atoms with Crippen LogP contribution in [0.1, 0.15) is 36.9 Å². The molecule has 2 N–H and O–H groups in total. The van der Waals surface area contributed by atoms with Gasteiger partial charge in [-0.3, -0.25) is 9.69 Å². The molecule has 1 aromatic rings. The number of rotatable bonds is 3. The summed E-state index contributed by atoms with van der Waals surface area (Å²) < 4.78 is 0. The molecule has 0 unspecified atom stereocenters. The van der Waals surface area contributed by atoms with Crippen molar-refractivity contribution in [2.75, 3.05) is 25.4 Å². The number of anilines is 1. The Morgan fingerprint density at radius 2 is 2.26 bits per heavy atom. The maximum absolute atomic E-state index is 12.5. The number of hydrogen-bond acceptors (Lipinski definition) is 4. The summed E-state index contributed by atoms with van der Waals surface area (Å²) in [5.41, 5.74) is 6.45. The molecule has 1 aliphatic heterocycles. The topological polar surface area (TPSA) is 49.6 Å². The lowest BCUT2D eigenvalue weighted by atomic mass is 10.1. The molecule has 0 bridgehead atoms. The van der Waals surface area contributed by atoms with E-state index in [0.29, 0.717) is 22.6 Å². The highest BCUT2D eigenvalue weighted by Crippen LogP contribution is 2.23. The number of nitrogen functional groups attached to an aromatic ring is 1. The number of nitrogens with zero attached hydrogens (tertiary/aromatic N) is 2. The first-order chi connectivity index (χ1) is 9.04. The summed E-state index contributed by atoms with van der Waals surface area (Å²) in [5.74, 6) is 0.0920. The zero-order chi connectivity index (χ0) is 14.0. The fraction of sp³-hybridized carbons (Fsp3) is 0.643. The minimum atomic E-state index is 0.0920. The number of nitrogens with two attached hydrogens (primary N) is 1. The van der Waals surface area contributed by atoms with E-state index in [1.54, 1.807) is 6.07 Å². The Morgan fingerprint density at radius 1 is 1.53 bits per heavy atom. The molecule has 0 radical (unpaired) electrons. The van der Waals surface area contributed by atoms with Gasteiger partial charge in [0.25, 0.3) is 5.91 Å². The lowest BCUT2D eigenvalue weighted by Gasteiger charge is -2.43. The second-order valence-electron chi connectivity index (χ2n) is 5.35. The molecule has 1 amide bonds. The van der Waals surface area contributed by atoms with E-state index in [0.717, 1.165) is 26.1 Å². The van der Waals surface area contributed by atoms with Crippen molar-refractivity contribution in [2.24, 2.45) is 0 Å². The number of thiophene rings is 1. The average molecular weight is 281 g/mol. The highest BCUT2D eigenvalue weighted by atomic mass is 32.1. The maximum atomic E-state index is 12.5. The molecule has 2 rings (SSSR count). The van der Waals surface area contributed by atoms with Crippen LogP contribution in [0.5, 0.6) is 0 Å². The molecule has 0 spiro atoms. The number of amides is 1. The molecule has 4 nitrogen and oxygen atoms in total. The van der Waals surface area contributed by atoms with E-state index in [2.05, 4.69) is 25.7 Å². The van der Waals surface area contributed by atoms with Gasteiger partial charge in [-0.15, -0.1) is 11.3 Å². The van der Waals surface area contributed by atoms with Crippen molar-refractivity contribution in [1.29, 1.82) is 0 Å². The molecule has 0 aliphatic carbocycles. The summed E-state index contributed by atoms with van der Waals surface area (Å²) in [5, 5.41) is 1.88. The number of hydrogen-bond donors (Lipinski definition) is 1. The van der Waals surface area contributed by atoms with Gasteiger partial charge in [0.2, 0.25) is 0 Å². The van der Waals surface area contributed by atoms with Crippen LogP contribution < -0.4 is 5.73 Å². The third kappa shape index (κ3) is 2.92. The van der Waals surface area contributed by atoms with Crippen molar-refractivity contribution >= 4 is 22.9 Å². The van der Waals surface area contributed by atoms with Crippen LogP contribution in [0.4, 0.5) is 5.69 Å². The summed E-state index contributed by atoms with van der Waals surface area (Å²) >= 11 is 1.44. The predicted octanol–water partition coefficient (Wildman–Crippen LogP) is 2.28. The zero-order valence-electron chi connectivity index (χ0n) is 11.9. The molecular weight excluding hydrogens is 258 g/mol. The maximum Gasteiger partial charge on any atom is 0.266 e. The molecule has 5 heteroatoms. The quantitative estimate of drug-likeness (QED) is 0.924. The minimum absolute atomic E-state index is 0.0920. The number of piperazine rings is 1. The first-order valence-electron chi connectivity index (χ1n) is 6.92. The van der Waals surface area contributed by atoms with E-state index in [9.17, 15) is 4.79 Å². The lowest BCUT2D eigenvalue weighted by Crippen LogP contribution is -2.56. The lowest BCUT2D eigenvalue weighted by molar-refractivity contribution is 0.0376. The third-order valence-electron chi connectivity index (χ3n) is 3.84. The van der Waals surface area contributed by atoms with Gasteiger partial charge >= 0.3 is 0 Å². The molecule has 106 valence electrons. The van der Waals surface area contributed by atoms with Gasteiger partial charge in [-0.2, -0.15) is 0 Å². The SMILES string of the molecule is CC[C@H]1CN(C(=O)c2sccc2N)CCN1C(C)C. The fourth-order valence-electron chi connectivity index (χ4n) is 2.73. The van der Waals surface area contributed by atoms with Crippen molar-refractivity contribution in [3.05, 3.63) is 16.3 Å². The van der Waals surface area contributed by atoms with Crippen LogP contribution in [-0.2, 0) is 0 Å².